The molecule has 7 aromatic carbocycles. The van der Waals surface area contributed by atoms with Crippen LogP contribution in [0.15, 0.2) is 219 Å². The first-order valence-electron chi connectivity index (χ1n) is 21.2. The zero-order valence-corrected chi connectivity index (χ0v) is 37.6. The summed E-state index contributed by atoms with van der Waals surface area (Å²) in [4.78, 5) is 13.6. The topological polar surface area (TPSA) is 57.1 Å². The predicted molar refractivity (Wildman–Crippen MR) is 256 cm³/mol. The number of aromatic nitrogens is 3. The summed E-state index contributed by atoms with van der Waals surface area (Å²) in [7, 11) is 0. The third-order valence-corrected chi connectivity index (χ3v) is 11.0. The molecule has 0 aliphatic rings. The first-order valence-corrected chi connectivity index (χ1v) is 21.2. The quantitative estimate of drug-likeness (QED) is 0.108. The molecule has 3 heterocycles. The SMILES string of the molecule is [Ir+3].[c-]1cc(OCc2cc(COc3c[c-]c(-c4ccccn4)cc3)cc(-c3ccccc3-c3c[c-]c(-c4cc(-c5ccc(-c6ccccc6)cc5)ccn4)cc3)c2)ccc1-c1ccccn1. The zero-order chi connectivity index (χ0) is 42.9. The Balaban J connectivity index is 0.00000533. The normalized spacial score (nSPS) is 10.8. The number of pyridine rings is 3. The Morgan fingerprint density at radius 2 is 0.815 bits per heavy atom. The molecule has 0 bridgehead atoms. The molecule has 0 aliphatic heterocycles. The van der Waals surface area contributed by atoms with E-state index in [4.69, 9.17) is 14.5 Å². The van der Waals surface area contributed by atoms with Gasteiger partial charge in [0.15, 0.2) is 0 Å². The number of hydrogen-bond donors (Lipinski definition) is 0. The van der Waals surface area contributed by atoms with Gasteiger partial charge in [0.1, 0.15) is 13.2 Å². The Hall–Kier alpha value is -7.76. The van der Waals surface area contributed by atoms with Gasteiger partial charge in [-0.25, -0.2) is 0 Å². The van der Waals surface area contributed by atoms with Gasteiger partial charge in [-0.1, -0.05) is 120 Å². The molecular formula is C59H40IrN3O2. The molecule has 0 saturated heterocycles. The molecule has 10 aromatic rings. The van der Waals surface area contributed by atoms with Crippen molar-refractivity contribution in [3.05, 3.63) is 248 Å². The molecule has 0 saturated carbocycles. The van der Waals surface area contributed by atoms with Crippen LogP contribution in [0.4, 0.5) is 0 Å². The summed E-state index contributed by atoms with van der Waals surface area (Å²) in [6, 6.07) is 78.2. The summed E-state index contributed by atoms with van der Waals surface area (Å²) < 4.78 is 12.7. The molecule has 5 nitrogen and oxygen atoms in total. The van der Waals surface area contributed by atoms with E-state index in [0.29, 0.717) is 13.2 Å². The minimum atomic E-state index is 0. The summed E-state index contributed by atoms with van der Waals surface area (Å²) in [6.07, 6.45) is 5.44. The fraction of sp³-hybridized carbons (Fsp3) is 0.0339. The van der Waals surface area contributed by atoms with Crippen molar-refractivity contribution in [3.63, 3.8) is 0 Å². The largest absolute Gasteiger partial charge is 3.00 e. The molecule has 312 valence electrons. The van der Waals surface area contributed by atoms with Gasteiger partial charge >= 0.3 is 20.1 Å². The van der Waals surface area contributed by atoms with E-state index in [-0.39, 0.29) is 20.1 Å². The van der Waals surface area contributed by atoms with E-state index in [0.717, 1.165) is 89.8 Å². The Morgan fingerprint density at radius 3 is 1.35 bits per heavy atom. The van der Waals surface area contributed by atoms with Crippen LogP contribution in [0.25, 0.3) is 78.3 Å². The second-order valence-electron chi connectivity index (χ2n) is 15.3. The van der Waals surface area contributed by atoms with E-state index in [1.165, 1.54) is 11.1 Å². The smallest absolute Gasteiger partial charge is 0.532 e. The maximum absolute atomic E-state index is 6.36. The molecule has 0 aliphatic carbocycles. The van der Waals surface area contributed by atoms with Gasteiger partial charge in [0.2, 0.25) is 0 Å². The number of hydrogen-bond acceptors (Lipinski definition) is 5. The molecule has 0 spiro atoms. The molecular weight excluding hydrogens is 975 g/mol. The van der Waals surface area contributed by atoms with Crippen molar-refractivity contribution in [1.29, 1.82) is 0 Å². The second-order valence-corrected chi connectivity index (χ2v) is 15.3. The van der Waals surface area contributed by atoms with Crippen molar-refractivity contribution in [3.8, 4) is 89.8 Å². The summed E-state index contributed by atoms with van der Waals surface area (Å²) in [6.45, 7) is 0.718. The summed E-state index contributed by atoms with van der Waals surface area (Å²) in [5.74, 6) is 1.45. The molecule has 0 atom stereocenters. The molecule has 0 unspecified atom stereocenters. The van der Waals surface area contributed by atoms with Crippen LogP contribution in [-0.2, 0) is 33.3 Å². The Morgan fingerprint density at radius 1 is 0.338 bits per heavy atom. The van der Waals surface area contributed by atoms with Gasteiger partial charge < -0.3 is 24.4 Å². The third-order valence-electron chi connectivity index (χ3n) is 11.0. The second kappa shape index (κ2) is 20.2. The average molecular weight is 1020 g/mol. The van der Waals surface area contributed by atoms with E-state index < -0.39 is 0 Å². The van der Waals surface area contributed by atoms with Gasteiger partial charge in [-0.2, -0.15) is 0 Å². The first kappa shape index (κ1) is 42.5. The van der Waals surface area contributed by atoms with Crippen molar-refractivity contribution >= 4 is 0 Å². The van der Waals surface area contributed by atoms with E-state index in [2.05, 4.69) is 149 Å². The fourth-order valence-electron chi connectivity index (χ4n) is 7.76. The van der Waals surface area contributed by atoms with Crippen LogP contribution in [0.3, 0.4) is 0 Å². The maximum Gasteiger partial charge on any atom is 3.00 e. The maximum atomic E-state index is 6.36. The number of ether oxygens (including phenoxy) is 2. The van der Waals surface area contributed by atoms with Crippen LogP contribution >= 0.6 is 0 Å². The predicted octanol–water partition coefficient (Wildman–Crippen LogP) is 14.1. The van der Waals surface area contributed by atoms with E-state index >= 15 is 0 Å². The van der Waals surface area contributed by atoms with Crippen LogP contribution in [0, 0.1) is 18.2 Å². The van der Waals surface area contributed by atoms with Gasteiger partial charge in [0.05, 0.1) is 0 Å². The monoisotopic (exact) mass is 1020 g/mol. The number of rotatable bonds is 13. The zero-order valence-electron chi connectivity index (χ0n) is 35.2. The standard InChI is InChI=1S/C59H40N3O2.Ir/c1-2-10-44(11-3-1)45-16-18-46(19-17-45)51-32-35-62-59(39-51)50-22-20-47(21-23-50)55-12-4-5-13-56(55)52-37-42(40-63-53-28-24-48(25-29-53)57-14-6-8-33-60-57)36-43(38-52)41-64-54-30-26-49(27-31-54)58-15-7-9-34-61-58;/h1-22,24,26,28-39H,40-41H2;/q-3;+3. The Kier molecular flexibility index (Phi) is 13.2. The van der Waals surface area contributed by atoms with Gasteiger partial charge in [0.25, 0.3) is 0 Å². The first-order chi connectivity index (χ1) is 31.7. The van der Waals surface area contributed by atoms with Crippen molar-refractivity contribution in [2.24, 2.45) is 0 Å². The molecule has 0 fully saturated rings. The Labute approximate surface area is 393 Å². The number of nitrogens with zero attached hydrogens (tertiary/aromatic N) is 3. The third kappa shape index (κ3) is 10.2. The van der Waals surface area contributed by atoms with Crippen LogP contribution < -0.4 is 9.47 Å². The summed E-state index contributed by atoms with van der Waals surface area (Å²) in [5, 5.41) is 0. The number of benzene rings is 7. The van der Waals surface area contributed by atoms with Crippen LogP contribution in [-0.4, -0.2) is 15.0 Å². The minimum absolute atomic E-state index is 0. The van der Waals surface area contributed by atoms with Crippen molar-refractivity contribution in [2.45, 2.75) is 13.2 Å². The fourth-order valence-corrected chi connectivity index (χ4v) is 7.76. The van der Waals surface area contributed by atoms with Crippen LogP contribution in [0.5, 0.6) is 11.5 Å². The van der Waals surface area contributed by atoms with Crippen molar-refractivity contribution < 1.29 is 29.6 Å². The molecule has 10 rings (SSSR count). The van der Waals surface area contributed by atoms with Crippen molar-refractivity contribution in [1.82, 2.24) is 15.0 Å². The average Bonchev–Trinajstić information content (AvgIpc) is 3.38. The van der Waals surface area contributed by atoms with Crippen LogP contribution in [0.1, 0.15) is 11.1 Å². The molecule has 0 N–H and O–H groups in total. The van der Waals surface area contributed by atoms with E-state index in [9.17, 15) is 0 Å². The van der Waals surface area contributed by atoms with Gasteiger partial charge in [-0.05, 0) is 98.0 Å². The van der Waals surface area contributed by atoms with E-state index in [1.807, 2.05) is 85.1 Å². The van der Waals surface area contributed by atoms with Crippen LogP contribution in [0.2, 0.25) is 0 Å². The molecule has 0 amide bonds. The minimum Gasteiger partial charge on any atom is -0.532 e. The van der Waals surface area contributed by atoms with Gasteiger partial charge in [0, 0.05) is 30.1 Å². The molecule has 0 radical (unpaired) electrons. The van der Waals surface area contributed by atoms with Crippen molar-refractivity contribution in [2.75, 3.05) is 0 Å². The van der Waals surface area contributed by atoms with E-state index in [1.54, 1.807) is 12.4 Å². The Bertz CT molecular complexity index is 3000. The summed E-state index contributed by atoms with van der Waals surface area (Å²) >= 11 is 0. The van der Waals surface area contributed by atoms with Gasteiger partial charge in [-0.3, -0.25) is 0 Å². The summed E-state index contributed by atoms with van der Waals surface area (Å²) in [5.41, 5.74) is 16.3. The van der Waals surface area contributed by atoms with Gasteiger partial charge in [-0.15, -0.1) is 89.5 Å². The molecule has 3 aromatic heterocycles. The molecule has 6 heteroatoms. The molecule has 65 heavy (non-hydrogen) atoms.